The zero-order valence-electron chi connectivity index (χ0n) is 12.1. The molecule has 0 spiro atoms. The third-order valence-electron chi connectivity index (χ3n) is 2.49. The highest BCUT2D eigenvalue weighted by Crippen LogP contribution is 2.42. The van der Waals surface area contributed by atoms with Crippen LogP contribution >= 0.6 is 12.4 Å². The van der Waals surface area contributed by atoms with Crippen LogP contribution in [0.4, 0.5) is 5.69 Å². The van der Waals surface area contributed by atoms with E-state index in [1.54, 1.807) is 19.1 Å². The van der Waals surface area contributed by atoms with Crippen LogP contribution in [0.15, 0.2) is 12.1 Å². The molecule has 1 unspecified atom stereocenters. The number of anilines is 1. The molecule has 1 amide bonds. The quantitative estimate of drug-likeness (QED) is 0.837. The number of carbonyl (C=O) groups is 1. The minimum Gasteiger partial charge on any atom is -0.493 e. The van der Waals surface area contributed by atoms with Gasteiger partial charge in [-0.1, -0.05) is 0 Å². The molecule has 0 saturated carbocycles. The maximum atomic E-state index is 11.7. The first kappa shape index (κ1) is 18.3. The number of halogens is 1. The van der Waals surface area contributed by atoms with Crippen LogP contribution in [0.3, 0.4) is 0 Å². The molecule has 3 N–H and O–H groups in total. The summed E-state index contributed by atoms with van der Waals surface area (Å²) in [5.74, 6) is 1.20. The molecular weight excluding hydrogens is 284 g/mol. The number of methoxy groups -OCH3 is 3. The first-order chi connectivity index (χ1) is 9.03. The SMILES string of the molecule is COc1ccc(NC(=O)CC(C)N)c(OC)c1OC.Cl. The Labute approximate surface area is 125 Å². The van der Waals surface area contributed by atoms with Gasteiger partial charge in [0, 0.05) is 12.5 Å². The van der Waals surface area contributed by atoms with Crippen LogP contribution in [0.5, 0.6) is 17.2 Å². The van der Waals surface area contributed by atoms with Gasteiger partial charge in [0.25, 0.3) is 0 Å². The minimum absolute atomic E-state index is 0. The number of nitrogens with two attached hydrogens (primary N) is 1. The number of hydrogen-bond donors (Lipinski definition) is 2. The lowest BCUT2D eigenvalue weighted by molar-refractivity contribution is -0.116. The summed E-state index contributed by atoms with van der Waals surface area (Å²) in [7, 11) is 4.54. The van der Waals surface area contributed by atoms with Crippen molar-refractivity contribution in [2.45, 2.75) is 19.4 Å². The Morgan fingerprint density at radius 1 is 1.20 bits per heavy atom. The number of hydrogen-bond acceptors (Lipinski definition) is 5. The number of ether oxygens (including phenoxy) is 3. The molecule has 0 radical (unpaired) electrons. The van der Waals surface area contributed by atoms with Gasteiger partial charge in [-0.05, 0) is 19.1 Å². The predicted molar refractivity (Wildman–Crippen MR) is 80.2 cm³/mol. The monoisotopic (exact) mass is 304 g/mol. The standard InChI is InChI=1S/C13H20N2O4.ClH/c1-8(14)7-11(16)15-9-5-6-10(17-2)13(19-4)12(9)18-3;/h5-6,8H,7,14H2,1-4H3,(H,15,16);1H. The molecule has 0 aliphatic rings. The van der Waals surface area contributed by atoms with Crippen molar-refractivity contribution in [3.63, 3.8) is 0 Å². The van der Waals surface area contributed by atoms with E-state index in [0.29, 0.717) is 22.9 Å². The van der Waals surface area contributed by atoms with Gasteiger partial charge in [0.1, 0.15) is 0 Å². The zero-order chi connectivity index (χ0) is 14.4. The molecule has 7 heteroatoms. The molecule has 0 aliphatic carbocycles. The summed E-state index contributed by atoms with van der Waals surface area (Å²) in [4.78, 5) is 11.7. The van der Waals surface area contributed by atoms with Gasteiger partial charge in [0.15, 0.2) is 11.5 Å². The van der Waals surface area contributed by atoms with Gasteiger partial charge in [0.05, 0.1) is 27.0 Å². The van der Waals surface area contributed by atoms with E-state index in [9.17, 15) is 4.79 Å². The van der Waals surface area contributed by atoms with E-state index in [0.717, 1.165) is 0 Å². The van der Waals surface area contributed by atoms with Crippen molar-refractivity contribution < 1.29 is 19.0 Å². The van der Waals surface area contributed by atoms with Gasteiger partial charge in [-0.3, -0.25) is 4.79 Å². The lowest BCUT2D eigenvalue weighted by Gasteiger charge is -2.16. The van der Waals surface area contributed by atoms with Crippen molar-refractivity contribution in [3.05, 3.63) is 12.1 Å². The Bertz CT molecular complexity index is 452. The average molecular weight is 305 g/mol. The topological polar surface area (TPSA) is 82.8 Å². The van der Waals surface area contributed by atoms with E-state index in [1.807, 2.05) is 0 Å². The Kier molecular flexibility index (Phi) is 7.79. The van der Waals surface area contributed by atoms with Crippen molar-refractivity contribution in [2.24, 2.45) is 5.73 Å². The fourth-order valence-electron chi connectivity index (χ4n) is 1.69. The first-order valence-corrected chi connectivity index (χ1v) is 5.87. The van der Waals surface area contributed by atoms with Crippen LogP contribution < -0.4 is 25.3 Å². The van der Waals surface area contributed by atoms with Crippen molar-refractivity contribution in [3.8, 4) is 17.2 Å². The lowest BCUT2D eigenvalue weighted by Crippen LogP contribution is -2.24. The highest BCUT2D eigenvalue weighted by Gasteiger charge is 2.17. The van der Waals surface area contributed by atoms with Gasteiger partial charge in [-0.25, -0.2) is 0 Å². The van der Waals surface area contributed by atoms with Crippen molar-refractivity contribution >= 4 is 24.0 Å². The molecule has 20 heavy (non-hydrogen) atoms. The Balaban J connectivity index is 0.00000361. The smallest absolute Gasteiger partial charge is 0.226 e. The van der Waals surface area contributed by atoms with E-state index in [2.05, 4.69) is 5.32 Å². The van der Waals surface area contributed by atoms with Gasteiger partial charge in [0.2, 0.25) is 11.7 Å². The second kappa shape index (κ2) is 8.50. The maximum absolute atomic E-state index is 11.7. The minimum atomic E-state index is -0.203. The van der Waals surface area contributed by atoms with Crippen LogP contribution in [0.25, 0.3) is 0 Å². The highest BCUT2D eigenvalue weighted by molar-refractivity contribution is 5.93. The van der Waals surface area contributed by atoms with E-state index in [4.69, 9.17) is 19.9 Å². The number of carbonyl (C=O) groups excluding carboxylic acids is 1. The molecular formula is C13H21ClN2O4. The summed E-state index contributed by atoms with van der Waals surface area (Å²) in [5, 5.41) is 2.74. The number of benzene rings is 1. The van der Waals surface area contributed by atoms with E-state index < -0.39 is 0 Å². The third kappa shape index (κ3) is 4.47. The maximum Gasteiger partial charge on any atom is 0.226 e. The largest absolute Gasteiger partial charge is 0.493 e. The van der Waals surface area contributed by atoms with Crippen molar-refractivity contribution in [2.75, 3.05) is 26.6 Å². The molecule has 0 aliphatic heterocycles. The first-order valence-electron chi connectivity index (χ1n) is 5.87. The molecule has 0 heterocycles. The fourth-order valence-corrected chi connectivity index (χ4v) is 1.69. The number of rotatable bonds is 6. The molecule has 6 nitrogen and oxygen atoms in total. The van der Waals surface area contributed by atoms with Gasteiger partial charge >= 0.3 is 0 Å². The van der Waals surface area contributed by atoms with Crippen LogP contribution in [0.2, 0.25) is 0 Å². The molecule has 1 atom stereocenters. The Morgan fingerprint density at radius 2 is 1.80 bits per heavy atom. The van der Waals surface area contributed by atoms with E-state index >= 15 is 0 Å². The van der Waals surface area contributed by atoms with Crippen LogP contribution in [0.1, 0.15) is 13.3 Å². The second-order valence-electron chi connectivity index (χ2n) is 4.11. The molecule has 114 valence electrons. The summed E-state index contributed by atoms with van der Waals surface area (Å²) in [6.07, 6.45) is 0.234. The molecule has 0 aromatic heterocycles. The lowest BCUT2D eigenvalue weighted by atomic mass is 10.2. The van der Waals surface area contributed by atoms with Gasteiger partial charge in [-0.2, -0.15) is 0 Å². The second-order valence-corrected chi connectivity index (χ2v) is 4.11. The normalized spacial score (nSPS) is 11.1. The van der Waals surface area contributed by atoms with Crippen LogP contribution in [-0.4, -0.2) is 33.3 Å². The molecule has 1 aromatic rings. The van der Waals surface area contributed by atoms with Gasteiger partial charge < -0.3 is 25.3 Å². The molecule has 0 saturated heterocycles. The highest BCUT2D eigenvalue weighted by atomic mass is 35.5. The van der Waals surface area contributed by atoms with E-state index in [-0.39, 0.29) is 30.8 Å². The van der Waals surface area contributed by atoms with E-state index in [1.165, 1.54) is 21.3 Å². The average Bonchev–Trinajstić information content (AvgIpc) is 2.36. The van der Waals surface area contributed by atoms with Crippen LogP contribution in [-0.2, 0) is 4.79 Å². The Hall–Kier alpha value is -1.66. The molecule has 1 rings (SSSR count). The third-order valence-corrected chi connectivity index (χ3v) is 2.49. The molecule has 0 fully saturated rings. The van der Waals surface area contributed by atoms with Crippen molar-refractivity contribution in [1.82, 2.24) is 0 Å². The van der Waals surface area contributed by atoms with Crippen LogP contribution in [0, 0.1) is 0 Å². The summed E-state index contributed by atoms with van der Waals surface area (Å²) in [6, 6.07) is 3.19. The van der Waals surface area contributed by atoms with Gasteiger partial charge in [-0.15, -0.1) is 12.4 Å². The number of amides is 1. The fraction of sp³-hybridized carbons (Fsp3) is 0.462. The summed E-state index contributed by atoms with van der Waals surface area (Å²) < 4.78 is 15.7. The summed E-state index contributed by atoms with van der Waals surface area (Å²) in [5.41, 5.74) is 6.10. The van der Waals surface area contributed by atoms with Crippen molar-refractivity contribution in [1.29, 1.82) is 0 Å². The summed E-state index contributed by atoms with van der Waals surface area (Å²) >= 11 is 0. The zero-order valence-corrected chi connectivity index (χ0v) is 12.9. The Morgan fingerprint density at radius 3 is 2.25 bits per heavy atom. The molecule has 0 bridgehead atoms. The predicted octanol–water partition coefficient (Wildman–Crippen LogP) is 1.81. The summed E-state index contributed by atoms with van der Waals surface area (Å²) in [6.45, 7) is 1.77. The number of nitrogens with one attached hydrogen (secondary N) is 1. The molecule has 1 aromatic carbocycles.